The van der Waals surface area contributed by atoms with Crippen molar-refractivity contribution in [2.75, 3.05) is 7.11 Å². The Kier molecular flexibility index (Phi) is 5.77. The molecule has 0 radical (unpaired) electrons. The molecule has 2 aromatic rings. The molecule has 0 unspecified atom stereocenters. The number of aromatic nitrogens is 2. The molecular formula is C20H22N4O2S2. The fraction of sp³-hybridized carbons (Fsp3) is 0.400. The highest BCUT2D eigenvalue weighted by atomic mass is 32.2. The quantitative estimate of drug-likeness (QED) is 0.673. The number of nitrogens with zero attached hydrogens (tertiary/aromatic N) is 4. The van der Waals surface area contributed by atoms with Gasteiger partial charge in [0, 0.05) is 6.04 Å². The van der Waals surface area contributed by atoms with Crippen molar-refractivity contribution in [1.29, 1.82) is 0 Å². The van der Waals surface area contributed by atoms with E-state index in [0.29, 0.717) is 15.2 Å². The first-order valence-electron chi connectivity index (χ1n) is 9.40. The summed E-state index contributed by atoms with van der Waals surface area (Å²) in [5.74, 6) is 0.831. The summed E-state index contributed by atoms with van der Waals surface area (Å²) in [5.41, 5.74) is 0.966. The zero-order valence-electron chi connectivity index (χ0n) is 15.9. The highest BCUT2D eigenvalue weighted by molar-refractivity contribution is 8.18. The molecule has 1 amide bonds. The van der Waals surface area contributed by atoms with Gasteiger partial charge in [0.1, 0.15) is 10.8 Å². The summed E-state index contributed by atoms with van der Waals surface area (Å²) >= 11 is 2.86. The van der Waals surface area contributed by atoms with Gasteiger partial charge in [0.2, 0.25) is 5.13 Å². The van der Waals surface area contributed by atoms with E-state index < -0.39 is 0 Å². The third kappa shape index (κ3) is 4.12. The second-order valence-corrected chi connectivity index (χ2v) is 9.02. The monoisotopic (exact) mass is 414 g/mol. The van der Waals surface area contributed by atoms with Crippen molar-refractivity contribution in [1.82, 2.24) is 15.1 Å². The molecule has 0 N–H and O–H groups in total. The molecule has 1 aromatic carbocycles. The molecule has 2 fully saturated rings. The predicted molar refractivity (Wildman–Crippen MR) is 114 cm³/mol. The van der Waals surface area contributed by atoms with Crippen LogP contribution in [0, 0.1) is 6.92 Å². The van der Waals surface area contributed by atoms with Crippen LogP contribution in [0.5, 0.6) is 5.75 Å². The number of carbonyl (C=O) groups excluding carboxylic acids is 1. The van der Waals surface area contributed by atoms with Crippen molar-refractivity contribution in [3.05, 3.63) is 39.7 Å². The van der Waals surface area contributed by atoms with Crippen LogP contribution in [0.15, 0.2) is 34.2 Å². The van der Waals surface area contributed by atoms with Crippen LogP contribution in [0.4, 0.5) is 5.13 Å². The number of hydrogen-bond acceptors (Lipinski definition) is 7. The van der Waals surface area contributed by atoms with Crippen LogP contribution in [0.25, 0.3) is 6.08 Å². The Morgan fingerprint density at radius 2 is 1.93 bits per heavy atom. The maximum Gasteiger partial charge on any atom is 0.267 e. The van der Waals surface area contributed by atoms with Gasteiger partial charge in [-0.1, -0.05) is 42.7 Å². The van der Waals surface area contributed by atoms with Crippen molar-refractivity contribution in [2.45, 2.75) is 45.1 Å². The largest absolute Gasteiger partial charge is 0.497 e. The molecule has 146 valence electrons. The first kappa shape index (κ1) is 19.1. The molecule has 1 aromatic heterocycles. The Labute approximate surface area is 172 Å². The number of rotatable bonds is 4. The normalized spacial score (nSPS) is 21.1. The fourth-order valence-corrected chi connectivity index (χ4v) is 5.15. The van der Waals surface area contributed by atoms with Gasteiger partial charge in [-0.15, -0.1) is 10.2 Å². The van der Waals surface area contributed by atoms with Crippen LogP contribution in [-0.2, 0) is 4.79 Å². The van der Waals surface area contributed by atoms with E-state index in [2.05, 4.69) is 15.2 Å². The summed E-state index contributed by atoms with van der Waals surface area (Å²) in [4.78, 5) is 20.5. The average Bonchev–Trinajstić information content (AvgIpc) is 3.26. The lowest BCUT2D eigenvalue weighted by molar-refractivity contribution is -0.124. The topological polar surface area (TPSA) is 67.7 Å². The number of aliphatic imine (C=N–C) groups is 1. The molecule has 2 aliphatic rings. The van der Waals surface area contributed by atoms with Gasteiger partial charge >= 0.3 is 0 Å². The van der Waals surface area contributed by atoms with E-state index >= 15 is 0 Å². The number of ether oxygens (including phenoxy) is 1. The van der Waals surface area contributed by atoms with Gasteiger partial charge in [-0.25, -0.2) is 0 Å². The minimum Gasteiger partial charge on any atom is -0.497 e. The van der Waals surface area contributed by atoms with Gasteiger partial charge in [-0.3, -0.25) is 9.69 Å². The lowest BCUT2D eigenvalue weighted by Crippen LogP contribution is -2.40. The molecule has 28 heavy (non-hydrogen) atoms. The predicted octanol–water partition coefficient (Wildman–Crippen LogP) is 4.79. The zero-order chi connectivity index (χ0) is 19.5. The van der Waals surface area contributed by atoms with Crippen molar-refractivity contribution in [2.24, 2.45) is 4.99 Å². The molecule has 1 saturated carbocycles. The van der Waals surface area contributed by atoms with Crippen LogP contribution in [0.2, 0.25) is 0 Å². The first-order valence-corrected chi connectivity index (χ1v) is 11.0. The number of aryl methyl sites for hydroxylation is 1. The van der Waals surface area contributed by atoms with Crippen molar-refractivity contribution < 1.29 is 9.53 Å². The molecule has 1 aliphatic heterocycles. The van der Waals surface area contributed by atoms with Crippen molar-refractivity contribution in [3.8, 4) is 5.75 Å². The second kappa shape index (κ2) is 8.45. The molecular weight excluding hydrogens is 392 g/mol. The molecule has 6 nitrogen and oxygen atoms in total. The van der Waals surface area contributed by atoms with Gasteiger partial charge in [-0.05, 0) is 55.3 Å². The van der Waals surface area contributed by atoms with Gasteiger partial charge < -0.3 is 4.74 Å². The van der Waals surface area contributed by atoms with E-state index in [1.807, 2.05) is 42.2 Å². The first-order chi connectivity index (χ1) is 13.6. The van der Waals surface area contributed by atoms with Crippen LogP contribution in [0.1, 0.15) is 42.7 Å². The zero-order valence-corrected chi connectivity index (χ0v) is 17.6. The lowest BCUT2D eigenvalue weighted by atomic mass is 9.94. The van der Waals surface area contributed by atoms with E-state index in [0.717, 1.165) is 42.0 Å². The summed E-state index contributed by atoms with van der Waals surface area (Å²) < 4.78 is 5.21. The molecule has 1 aliphatic carbocycles. The van der Waals surface area contributed by atoms with E-state index in [-0.39, 0.29) is 11.9 Å². The van der Waals surface area contributed by atoms with Crippen LogP contribution >= 0.6 is 23.1 Å². The SMILES string of the molecule is COc1ccc(/C=C2\S/C(=N/c3nnc(C)s3)N(C3CCCCC3)C2=O)cc1. The Hall–Kier alpha value is -2.19. The number of methoxy groups -OCH3 is 1. The Morgan fingerprint density at radius 3 is 2.57 bits per heavy atom. The summed E-state index contributed by atoms with van der Waals surface area (Å²) in [6.45, 7) is 1.90. The van der Waals surface area contributed by atoms with Gasteiger partial charge in [0.05, 0.1) is 12.0 Å². The standard InChI is InChI=1S/C20H22N4O2S2/c1-13-22-23-19(27-13)21-20-24(15-6-4-3-5-7-15)18(25)17(28-20)12-14-8-10-16(26-2)11-9-14/h8-12,15H,3-7H2,1-2H3/b17-12-,21-20+. The van der Waals surface area contributed by atoms with Gasteiger partial charge in [-0.2, -0.15) is 4.99 Å². The number of thioether (sulfide) groups is 1. The maximum atomic E-state index is 13.2. The number of amides is 1. The average molecular weight is 415 g/mol. The summed E-state index contributed by atoms with van der Waals surface area (Å²) in [5, 5.41) is 10.3. The van der Waals surface area contributed by atoms with E-state index in [4.69, 9.17) is 4.74 Å². The molecule has 0 spiro atoms. The highest BCUT2D eigenvalue weighted by Crippen LogP contribution is 2.38. The van der Waals surface area contributed by atoms with E-state index in [9.17, 15) is 4.79 Å². The molecule has 2 heterocycles. The number of carbonyl (C=O) groups is 1. The number of amidine groups is 1. The van der Waals surface area contributed by atoms with E-state index in [1.165, 1.54) is 29.5 Å². The third-order valence-electron chi connectivity index (χ3n) is 4.90. The summed E-state index contributed by atoms with van der Waals surface area (Å²) in [7, 11) is 1.64. The van der Waals surface area contributed by atoms with Crippen LogP contribution in [-0.4, -0.2) is 39.3 Å². The van der Waals surface area contributed by atoms with Crippen molar-refractivity contribution >= 4 is 45.4 Å². The van der Waals surface area contributed by atoms with Gasteiger partial charge in [0.25, 0.3) is 5.91 Å². The van der Waals surface area contributed by atoms with Gasteiger partial charge in [0.15, 0.2) is 5.17 Å². The second-order valence-electron chi connectivity index (χ2n) is 6.85. The molecule has 4 rings (SSSR count). The summed E-state index contributed by atoms with van der Waals surface area (Å²) in [6, 6.07) is 7.91. The van der Waals surface area contributed by atoms with Crippen molar-refractivity contribution in [3.63, 3.8) is 0 Å². The molecule has 0 atom stereocenters. The van der Waals surface area contributed by atoms with Crippen LogP contribution < -0.4 is 4.74 Å². The Bertz CT molecular complexity index is 915. The summed E-state index contributed by atoms with van der Waals surface area (Å²) in [6.07, 6.45) is 7.52. The smallest absolute Gasteiger partial charge is 0.267 e. The maximum absolute atomic E-state index is 13.2. The molecule has 8 heteroatoms. The Morgan fingerprint density at radius 1 is 1.18 bits per heavy atom. The minimum atomic E-state index is 0.0349. The fourth-order valence-electron chi connectivity index (χ4n) is 3.49. The van der Waals surface area contributed by atoms with Crippen LogP contribution in [0.3, 0.4) is 0 Å². The highest BCUT2D eigenvalue weighted by Gasteiger charge is 2.38. The minimum absolute atomic E-state index is 0.0349. The third-order valence-corrected chi connectivity index (χ3v) is 6.61. The molecule has 0 bridgehead atoms. The lowest BCUT2D eigenvalue weighted by Gasteiger charge is -2.30. The molecule has 1 saturated heterocycles. The van der Waals surface area contributed by atoms with E-state index in [1.54, 1.807) is 7.11 Å². The number of benzene rings is 1. The Balaban J connectivity index is 1.66. The number of hydrogen-bond donors (Lipinski definition) is 0.